The second-order valence-corrected chi connectivity index (χ2v) is 3.93. The Morgan fingerprint density at radius 3 is 2.84 bits per heavy atom. The lowest BCUT2D eigenvalue weighted by Crippen LogP contribution is -2.23. The summed E-state index contributed by atoms with van der Waals surface area (Å²) in [6.45, 7) is 2.91. The second-order valence-electron chi connectivity index (χ2n) is 3.93. The van der Waals surface area contributed by atoms with Crippen LogP contribution in [0.4, 0.5) is 0 Å². The van der Waals surface area contributed by atoms with Gasteiger partial charge in [0, 0.05) is 12.0 Å². The van der Waals surface area contributed by atoms with Gasteiger partial charge in [0.1, 0.15) is 11.8 Å². The van der Waals surface area contributed by atoms with Crippen molar-refractivity contribution in [2.75, 3.05) is 13.2 Å². The molecule has 5 nitrogen and oxygen atoms in total. The number of nitrogens with one attached hydrogen (secondary N) is 1. The van der Waals surface area contributed by atoms with Crippen molar-refractivity contribution in [1.29, 1.82) is 5.26 Å². The molecule has 0 aromatic heterocycles. The van der Waals surface area contributed by atoms with E-state index in [0.717, 1.165) is 0 Å². The van der Waals surface area contributed by atoms with Crippen LogP contribution >= 0.6 is 0 Å². The molecule has 0 aliphatic carbocycles. The molecule has 5 heteroatoms. The van der Waals surface area contributed by atoms with Crippen molar-refractivity contribution in [3.05, 3.63) is 41.3 Å². The molecule has 0 spiro atoms. The smallest absolute Gasteiger partial charge is 0.257 e. The average Bonchev–Trinajstić information content (AvgIpc) is 2.87. The minimum atomic E-state index is -0.298. The van der Waals surface area contributed by atoms with Crippen molar-refractivity contribution in [1.82, 2.24) is 5.32 Å². The van der Waals surface area contributed by atoms with E-state index in [-0.39, 0.29) is 11.8 Å². The number of ether oxygens (including phenoxy) is 2. The van der Waals surface area contributed by atoms with Gasteiger partial charge >= 0.3 is 0 Å². The summed E-state index contributed by atoms with van der Waals surface area (Å²) in [5.74, 6) is 0.683. The van der Waals surface area contributed by atoms with E-state index in [4.69, 9.17) is 14.7 Å². The van der Waals surface area contributed by atoms with Crippen LogP contribution in [0, 0.1) is 11.3 Å². The Labute approximate surface area is 111 Å². The van der Waals surface area contributed by atoms with Gasteiger partial charge in [0.2, 0.25) is 5.88 Å². The Morgan fingerprint density at radius 1 is 1.47 bits per heavy atom. The molecule has 98 valence electrons. The number of hydrogen-bond acceptors (Lipinski definition) is 4. The largest absolute Gasteiger partial charge is 0.494 e. The molecular formula is C14H14N2O3. The molecule has 0 unspecified atom stereocenters. The Balaban J connectivity index is 2.06. The Kier molecular flexibility index (Phi) is 4.04. The van der Waals surface area contributed by atoms with E-state index in [0.29, 0.717) is 36.5 Å². The summed E-state index contributed by atoms with van der Waals surface area (Å²) in [5, 5.41) is 11.5. The predicted molar refractivity (Wildman–Crippen MR) is 68.3 cm³/mol. The monoisotopic (exact) mass is 258 g/mol. The summed E-state index contributed by atoms with van der Waals surface area (Å²) in [4.78, 5) is 12.0. The molecule has 19 heavy (non-hydrogen) atoms. The maximum atomic E-state index is 12.0. The lowest BCUT2D eigenvalue weighted by Gasteiger charge is -2.07. The van der Waals surface area contributed by atoms with Gasteiger partial charge < -0.3 is 9.47 Å². The maximum Gasteiger partial charge on any atom is 0.257 e. The lowest BCUT2D eigenvalue weighted by atomic mass is 10.2. The van der Waals surface area contributed by atoms with Crippen molar-refractivity contribution >= 4 is 5.91 Å². The molecule has 1 aromatic rings. The summed E-state index contributed by atoms with van der Waals surface area (Å²) >= 11 is 0. The van der Waals surface area contributed by atoms with Crippen LogP contribution in [0.5, 0.6) is 5.75 Å². The number of carbonyl (C=O) groups excluding carboxylic acids is 1. The number of amides is 1. The fraction of sp³-hybridized carbons (Fsp3) is 0.286. The fourth-order valence-electron chi connectivity index (χ4n) is 1.72. The first kappa shape index (κ1) is 13.0. The van der Waals surface area contributed by atoms with Crippen LogP contribution in [0.2, 0.25) is 0 Å². The average molecular weight is 258 g/mol. The third kappa shape index (κ3) is 3.05. The molecule has 1 aliphatic heterocycles. The molecule has 1 aliphatic rings. The molecule has 1 heterocycles. The quantitative estimate of drug-likeness (QED) is 0.896. The van der Waals surface area contributed by atoms with Crippen molar-refractivity contribution in [2.24, 2.45) is 0 Å². The number of hydrogen-bond donors (Lipinski definition) is 1. The van der Waals surface area contributed by atoms with Gasteiger partial charge in [-0.3, -0.25) is 10.1 Å². The van der Waals surface area contributed by atoms with E-state index >= 15 is 0 Å². The van der Waals surface area contributed by atoms with Gasteiger partial charge in [-0.05, 0) is 31.2 Å². The molecule has 1 aromatic carbocycles. The predicted octanol–water partition coefficient (Wildman–Crippen LogP) is 1.97. The van der Waals surface area contributed by atoms with Gasteiger partial charge in [-0.15, -0.1) is 0 Å². The second kappa shape index (κ2) is 5.91. The minimum Gasteiger partial charge on any atom is -0.494 e. The summed E-state index contributed by atoms with van der Waals surface area (Å²) < 4.78 is 10.5. The van der Waals surface area contributed by atoms with Crippen LogP contribution in [-0.2, 0) is 4.74 Å². The van der Waals surface area contributed by atoms with E-state index in [9.17, 15) is 4.79 Å². The van der Waals surface area contributed by atoms with Crippen molar-refractivity contribution in [3.8, 4) is 11.8 Å². The first-order valence-electron chi connectivity index (χ1n) is 6.05. The highest BCUT2D eigenvalue weighted by Gasteiger charge is 2.18. The molecule has 0 bridgehead atoms. The standard InChI is InChI=1S/C14H14N2O3/c1-2-18-12-5-3-10(4-6-12)13(17)16-14-11(9-15)7-8-19-14/h3-6H,2,7-8H2,1H3,(H,16,17). The molecule has 0 fully saturated rings. The topological polar surface area (TPSA) is 71.3 Å². The summed E-state index contributed by atoms with van der Waals surface area (Å²) in [7, 11) is 0. The minimum absolute atomic E-state index is 0.265. The third-order valence-corrected chi connectivity index (χ3v) is 2.66. The third-order valence-electron chi connectivity index (χ3n) is 2.66. The number of nitrogens with zero attached hydrogens (tertiary/aromatic N) is 1. The van der Waals surface area contributed by atoms with Gasteiger partial charge in [-0.2, -0.15) is 5.26 Å². The highest BCUT2D eigenvalue weighted by molar-refractivity contribution is 5.95. The normalized spacial score (nSPS) is 13.7. The van der Waals surface area contributed by atoms with Crippen molar-refractivity contribution in [3.63, 3.8) is 0 Å². The fourth-order valence-corrected chi connectivity index (χ4v) is 1.72. The van der Waals surface area contributed by atoms with Gasteiger partial charge in [0.05, 0.1) is 18.8 Å². The maximum absolute atomic E-state index is 12.0. The Morgan fingerprint density at radius 2 is 2.21 bits per heavy atom. The summed E-state index contributed by atoms with van der Waals surface area (Å²) in [6.07, 6.45) is 0.537. The number of rotatable bonds is 4. The van der Waals surface area contributed by atoms with Crippen LogP contribution in [0.3, 0.4) is 0 Å². The Bertz CT molecular complexity index is 541. The molecule has 1 amide bonds. The first-order valence-corrected chi connectivity index (χ1v) is 6.05. The van der Waals surface area contributed by atoms with Gasteiger partial charge in [0.15, 0.2) is 0 Å². The zero-order valence-electron chi connectivity index (χ0n) is 10.6. The van der Waals surface area contributed by atoms with E-state index < -0.39 is 0 Å². The van der Waals surface area contributed by atoms with Crippen LogP contribution in [0.25, 0.3) is 0 Å². The summed E-state index contributed by atoms with van der Waals surface area (Å²) in [5.41, 5.74) is 0.961. The van der Waals surface area contributed by atoms with Gasteiger partial charge in [-0.1, -0.05) is 0 Å². The highest BCUT2D eigenvalue weighted by atomic mass is 16.5. The molecule has 0 radical (unpaired) electrons. The zero-order chi connectivity index (χ0) is 13.7. The van der Waals surface area contributed by atoms with Crippen molar-refractivity contribution in [2.45, 2.75) is 13.3 Å². The number of nitriles is 1. The summed E-state index contributed by atoms with van der Waals surface area (Å²) in [6, 6.07) is 8.81. The molecule has 0 atom stereocenters. The highest BCUT2D eigenvalue weighted by Crippen LogP contribution is 2.17. The molecule has 2 rings (SSSR count). The lowest BCUT2D eigenvalue weighted by molar-refractivity contribution is 0.0930. The first-order chi connectivity index (χ1) is 9.24. The SMILES string of the molecule is CCOc1ccc(C(=O)NC2=C(C#N)CCO2)cc1. The molecule has 0 saturated heterocycles. The molecule has 1 N–H and O–H groups in total. The van der Waals surface area contributed by atoms with Gasteiger partial charge in [-0.25, -0.2) is 0 Å². The molecule has 0 saturated carbocycles. The van der Waals surface area contributed by atoms with Crippen LogP contribution in [-0.4, -0.2) is 19.1 Å². The van der Waals surface area contributed by atoms with E-state index in [1.54, 1.807) is 24.3 Å². The van der Waals surface area contributed by atoms with Gasteiger partial charge in [0.25, 0.3) is 5.91 Å². The van der Waals surface area contributed by atoms with Crippen LogP contribution in [0.1, 0.15) is 23.7 Å². The Hall–Kier alpha value is -2.48. The van der Waals surface area contributed by atoms with E-state index in [1.807, 2.05) is 13.0 Å². The van der Waals surface area contributed by atoms with Crippen LogP contribution < -0.4 is 10.1 Å². The number of benzene rings is 1. The molecular weight excluding hydrogens is 244 g/mol. The number of carbonyl (C=O) groups is 1. The zero-order valence-corrected chi connectivity index (χ0v) is 10.6. The van der Waals surface area contributed by atoms with E-state index in [2.05, 4.69) is 5.32 Å². The van der Waals surface area contributed by atoms with Crippen molar-refractivity contribution < 1.29 is 14.3 Å². The van der Waals surface area contributed by atoms with Crippen LogP contribution in [0.15, 0.2) is 35.7 Å². The van der Waals surface area contributed by atoms with E-state index in [1.165, 1.54) is 0 Å².